The molecule has 0 atom stereocenters. The number of aryl methyl sites for hydroxylation is 1. The van der Waals surface area contributed by atoms with Crippen LogP contribution in [-0.4, -0.2) is 55.5 Å². The Kier molecular flexibility index (Phi) is 10.4. The van der Waals surface area contributed by atoms with Crippen molar-refractivity contribution in [2.45, 2.75) is 37.4 Å². The van der Waals surface area contributed by atoms with Crippen molar-refractivity contribution >= 4 is 27.5 Å². The van der Waals surface area contributed by atoms with Gasteiger partial charge in [0.15, 0.2) is 11.6 Å². The SMILES string of the molecule is Cc1ccc(S(=O)(=O)OCCOCCn2cc(-c3cnc(N)c(Oc4ccc5c(c4)CCN5C(=O)Cc4cccc(C(F)(F)F)c4)c3)cn2)cc1. The summed E-state index contributed by atoms with van der Waals surface area (Å²) in [5.41, 5.74) is 9.57. The number of ether oxygens (including phenoxy) is 2. The van der Waals surface area contributed by atoms with Crippen LogP contribution in [0.15, 0.2) is 96.3 Å². The largest absolute Gasteiger partial charge is 0.453 e. The van der Waals surface area contributed by atoms with Gasteiger partial charge < -0.3 is 20.1 Å². The molecule has 0 spiro atoms. The number of alkyl halides is 3. The number of carbonyl (C=O) groups is 1. The lowest BCUT2D eigenvalue weighted by Gasteiger charge is -2.18. The van der Waals surface area contributed by atoms with Crippen LogP contribution in [0.1, 0.15) is 22.3 Å². The van der Waals surface area contributed by atoms with Crippen molar-refractivity contribution in [1.82, 2.24) is 14.8 Å². The Hall–Kier alpha value is -5.25. The first-order valence-corrected chi connectivity index (χ1v) is 17.4. The van der Waals surface area contributed by atoms with Gasteiger partial charge in [0.2, 0.25) is 5.91 Å². The van der Waals surface area contributed by atoms with Crippen molar-refractivity contribution in [2.75, 3.05) is 37.0 Å². The third kappa shape index (κ3) is 8.74. The number of pyridine rings is 1. The molecule has 0 radical (unpaired) electrons. The smallest absolute Gasteiger partial charge is 0.416 e. The molecule has 0 saturated heterocycles. The van der Waals surface area contributed by atoms with E-state index in [1.165, 1.54) is 24.3 Å². The van der Waals surface area contributed by atoms with E-state index in [1.54, 1.807) is 64.6 Å². The number of fused-ring (bicyclic) bond motifs is 1. The molecule has 11 nitrogen and oxygen atoms in total. The minimum Gasteiger partial charge on any atom is -0.453 e. The number of benzene rings is 3. The summed E-state index contributed by atoms with van der Waals surface area (Å²) < 4.78 is 82.3. The molecule has 15 heteroatoms. The zero-order chi connectivity index (χ0) is 36.2. The number of carbonyl (C=O) groups excluding carboxylic acids is 1. The molecule has 3 heterocycles. The van der Waals surface area contributed by atoms with E-state index >= 15 is 0 Å². The monoisotopic (exact) mass is 721 g/mol. The highest BCUT2D eigenvalue weighted by atomic mass is 32.2. The molecule has 3 aromatic carbocycles. The molecule has 1 aliphatic rings. The number of hydrogen-bond acceptors (Lipinski definition) is 9. The number of rotatable bonds is 13. The number of anilines is 2. The number of amides is 1. The highest BCUT2D eigenvalue weighted by Gasteiger charge is 2.31. The summed E-state index contributed by atoms with van der Waals surface area (Å²) in [4.78, 5) is 19.0. The highest BCUT2D eigenvalue weighted by Crippen LogP contribution is 2.36. The summed E-state index contributed by atoms with van der Waals surface area (Å²) in [6, 6.07) is 18.2. The first-order valence-electron chi connectivity index (χ1n) is 16.0. The summed E-state index contributed by atoms with van der Waals surface area (Å²) in [5.74, 6) is 0.674. The van der Waals surface area contributed by atoms with E-state index in [0.29, 0.717) is 47.8 Å². The molecule has 51 heavy (non-hydrogen) atoms. The molecule has 6 rings (SSSR count). The first kappa shape index (κ1) is 35.6. The average molecular weight is 722 g/mol. The molecule has 5 aromatic rings. The number of hydrogen-bond donors (Lipinski definition) is 1. The van der Waals surface area contributed by atoms with E-state index in [2.05, 4.69) is 10.1 Å². The summed E-state index contributed by atoms with van der Waals surface area (Å²) >= 11 is 0. The standard InChI is InChI=1S/C36H34F3N5O6S/c1-24-5-8-31(9-6-24)51(46,47)49-16-15-48-14-13-43-23-28(22-42-43)27-20-33(35(40)41-21-27)50-30-7-10-32-26(19-30)11-12-44(32)34(45)18-25-3-2-4-29(17-25)36(37,38)39/h2-10,17,19-23H,11-16,18H2,1H3,(H2,40,41). The molecule has 0 fully saturated rings. The molecule has 1 amide bonds. The van der Waals surface area contributed by atoms with E-state index in [4.69, 9.17) is 19.4 Å². The molecule has 1 aliphatic heterocycles. The van der Waals surface area contributed by atoms with Crippen LogP contribution in [0, 0.1) is 6.92 Å². The van der Waals surface area contributed by atoms with Crippen LogP contribution in [0.2, 0.25) is 0 Å². The highest BCUT2D eigenvalue weighted by molar-refractivity contribution is 7.86. The minimum absolute atomic E-state index is 0.0820. The Morgan fingerprint density at radius 1 is 0.961 bits per heavy atom. The summed E-state index contributed by atoms with van der Waals surface area (Å²) in [6.07, 6.45) is 0.978. The second-order valence-corrected chi connectivity index (χ2v) is 13.5. The van der Waals surface area contributed by atoms with Gasteiger partial charge in [0.1, 0.15) is 5.75 Å². The third-order valence-corrected chi connectivity index (χ3v) is 9.50. The lowest BCUT2D eigenvalue weighted by molar-refractivity contribution is -0.137. The fourth-order valence-electron chi connectivity index (χ4n) is 5.52. The maximum absolute atomic E-state index is 13.1. The van der Waals surface area contributed by atoms with E-state index in [-0.39, 0.29) is 42.9 Å². The zero-order valence-corrected chi connectivity index (χ0v) is 28.3. The lowest BCUT2D eigenvalue weighted by Crippen LogP contribution is -2.30. The van der Waals surface area contributed by atoms with E-state index in [1.807, 2.05) is 6.92 Å². The van der Waals surface area contributed by atoms with Crippen molar-refractivity contribution in [3.8, 4) is 22.6 Å². The number of nitrogens with two attached hydrogens (primary N) is 1. The fourth-order valence-corrected chi connectivity index (χ4v) is 6.41. The van der Waals surface area contributed by atoms with Crippen molar-refractivity contribution in [1.29, 1.82) is 0 Å². The maximum atomic E-state index is 13.1. The Bertz CT molecular complexity index is 2140. The maximum Gasteiger partial charge on any atom is 0.416 e. The number of aromatic nitrogens is 3. The number of nitrogen functional groups attached to an aromatic ring is 1. The fraction of sp³-hybridized carbons (Fsp3) is 0.250. The number of nitrogens with zero attached hydrogens (tertiary/aromatic N) is 4. The molecular formula is C36H34F3N5O6S. The van der Waals surface area contributed by atoms with E-state index in [9.17, 15) is 26.4 Å². The van der Waals surface area contributed by atoms with Crippen LogP contribution in [0.3, 0.4) is 0 Å². The van der Waals surface area contributed by atoms with Gasteiger partial charge in [0.05, 0.1) is 49.4 Å². The molecule has 2 N–H and O–H groups in total. The average Bonchev–Trinajstić information content (AvgIpc) is 3.75. The third-order valence-electron chi connectivity index (χ3n) is 8.17. The van der Waals surface area contributed by atoms with Gasteiger partial charge in [0.25, 0.3) is 10.1 Å². The van der Waals surface area contributed by atoms with Crippen LogP contribution >= 0.6 is 0 Å². The second kappa shape index (κ2) is 14.9. The molecule has 0 aliphatic carbocycles. The molecule has 0 saturated carbocycles. The second-order valence-electron chi connectivity index (χ2n) is 11.9. The summed E-state index contributed by atoms with van der Waals surface area (Å²) in [7, 11) is -3.86. The summed E-state index contributed by atoms with van der Waals surface area (Å²) in [6.45, 7) is 2.91. The van der Waals surface area contributed by atoms with Crippen LogP contribution in [0.4, 0.5) is 24.7 Å². The van der Waals surface area contributed by atoms with Gasteiger partial charge in [-0.15, -0.1) is 0 Å². The van der Waals surface area contributed by atoms with Gasteiger partial charge in [0, 0.05) is 35.8 Å². The normalized spacial score (nSPS) is 13.0. The van der Waals surface area contributed by atoms with Gasteiger partial charge in [-0.1, -0.05) is 35.9 Å². The molecular weight excluding hydrogens is 687 g/mol. The Labute approximate surface area is 292 Å². The van der Waals surface area contributed by atoms with Crippen LogP contribution < -0.4 is 15.4 Å². The molecule has 266 valence electrons. The van der Waals surface area contributed by atoms with Crippen molar-refractivity contribution in [3.63, 3.8) is 0 Å². The molecule has 0 unspecified atom stereocenters. The van der Waals surface area contributed by atoms with Crippen LogP contribution in [0.25, 0.3) is 11.1 Å². The van der Waals surface area contributed by atoms with Gasteiger partial charge in [-0.3, -0.25) is 13.7 Å². The van der Waals surface area contributed by atoms with Crippen molar-refractivity contribution in [2.24, 2.45) is 0 Å². The summed E-state index contributed by atoms with van der Waals surface area (Å²) in [5, 5.41) is 4.36. The Morgan fingerprint density at radius 3 is 2.55 bits per heavy atom. The van der Waals surface area contributed by atoms with Gasteiger partial charge in [-0.05, 0) is 66.9 Å². The molecule has 0 bridgehead atoms. The number of halogens is 3. The van der Waals surface area contributed by atoms with Crippen molar-refractivity contribution in [3.05, 3.63) is 114 Å². The quantitative estimate of drug-likeness (QED) is 0.111. The van der Waals surface area contributed by atoms with Gasteiger partial charge in [-0.25, -0.2) is 4.98 Å². The van der Waals surface area contributed by atoms with Crippen LogP contribution in [-0.2, 0) is 49.4 Å². The van der Waals surface area contributed by atoms with E-state index < -0.39 is 21.9 Å². The molecule has 2 aromatic heterocycles. The lowest BCUT2D eigenvalue weighted by atomic mass is 10.1. The van der Waals surface area contributed by atoms with E-state index in [0.717, 1.165) is 28.8 Å². The van der Waals surface area contributed by atoms with Gasteiger partial charge >= 0.3 is 6.18 Å². The predicted molar refractivity (Wildman–Crippen MR) is 183 cm³/mol. The van der Waals surface area contributed by atoms with Crippen molar-refractivity contribution < 1.29 is 40.0 Å². The Morgan fingerprint density at radius 2 is 1.76 bits per heavy atom. The van der Waals surface area contributed by atoms with Gasteiger partial charge in [-0.2, -0.15) is 26.7 Å². The topological polar surface area (TPSA) is 139 Å². The Balaban J connectivity index is 1.02. The van der Waals surface area contributed by atoms with Crippen LogP contribution in [0.5, 0.6) is 11.5 Å². The minimum atomic E-state index is -4.48. The zero-order valence-electron chi connectivity index (χ0n) is 27.5. The predicted octanol–water partition coefficient (Wildman–Crippen LogP) is 6.20. The first-order chi connectivity index (χ1) is 24.4.